The molecule has 0 aliphatic heterocycles. The Morgan fingerprint density at radius 1 is 1.67 bits per heavy atom. The first-order valence-electron chi connectivity index (χ1n) is 3.90. The number of hydrogen-bond acceptors (Lipinski definition) is 4. The number of rotatable bonds is 1. The van der Waals surface area contributed by atoms with E-state index in [1.807, 2.05) is 11.3 Å². The number of aliphatic hydroxyl groups is 1. The molecule has 1 aromatic rings. The molecule has 2 rings (SSSR count). The standard InChI is InChI=1S/C8H10OS3/c9-6-1-2-7-5(3-6)4-8(11-7)12-10/h4,6,9-10H,1-3H2. The Balaban J connectivity index is 2.28. The van der Waals surface area contributed by atoms with Crippen LogP contribution in [0.5, 0.6) is 0 Å². The number of aryl methyl sites for hydroxylation is 1. The summed E-state index contributed by atoms with van der Waals surface area (Å²) in [6, 6.07) is 2.15. The molecule has 12 heavy (non-hydrogen) atoms. The molecule has 1 aliphatic carbocycles. The minimum absolute atomic E-state index is 0.120. The highest BCUT2D eigenvalue weighted by atomic mass is 33.1. The number of thiol groups is 1. The van der Waals surface area contributed by atoms with Crippen LogP contribution in [-0.4, -0.2) is 11.2 Å². The van der Waals surface area contributed by atoms with Gasteiger partial charge in [0.05, 0.1) is 10.3 Å². The summed E-state index contributed by atoms with van der Waals surface area (Å²) in [5, 5.41) is 9.42. The van der Waals surface area contributed by atoms with Crippen molar-refractivity contribution in [2.24, 2.45) is 0 Å². The van der Waals surface area contributed by atoms with E-state index in [9.17, 15) is 5.11 Å². The van der Waals surface area contributed by atoms with E-state index in [-0.39, 0.29) is 6.10 Å². The summed E-state index contributed by atoms with van der Waals surface area (Å²) in [7, 11) is 1.49. The fourth-order valence-corrected chi connectivity index (χ4v) is 3.60. The van der Waals surface area contributed by atoms with Crippen LogP contribution in [0.2, 0.25) is 0 Å². The fourth-order valence-electron chi connectivity index (χ4n) is 1.52. The summed E-state index contributed by atoms with van der Waals surface area (Å²) in [6.07, 6.45) is 2.67. The van der Waals surface area contributed by atoms with Crippen molar-refractivity contribution in [1.82, 2.24) is 0 Å². The summed E-state index contributed by atoms with van der Waals surface area (Å²) in [5.74, 6) is 0. The first-order chi connectivity index (χ1) is 5.79. The van der Waals surface area contributed by atoms with Gasteiger partial charge in [-0.1, -0.05) is 10.8 Å². The lowest BCUT2D eigenvalue weighted by molar-refractivity contribution is 0.159. The van der Waals surface area contributed by atoms with Crippen LogP contribution in [0.1, 0.15) is 16.9 Å². The molecule has 1 atom stereocenters. The SMILES string of the molecule is OC1CCc2sc(SS)cc2C1. The predicted molar refractivity (Wildman–Crippen MR) is 57.2 cm³/mol. The minimum atomic E-state index is -0.120. The van der Waals surface area contributed by atoms with Gasteiger partial charge in [0.25, 0.3) is 0 Å². The molecule has 0 bridgehead atoms. The Hall–Kier alpha value is 0.360. The second-order valence-corrected chi connectivity index (χ2v) is 5.57. The van der Waals surface area contributed by atoms with Gasteiger partial charge >= 0.3 is 0 Å². The lowest BCUT2D eigenvalue weighted by atomic mass is 9.97. The molecule has 0 aromatic carbocycles. The van der Waals surface area contributed by atoms with Gasteiger partial charge in [0.15, 0.2) is 0 Å². The average molecular weight is 218 g/mol. The molecular weight excluding hydrogens is 208 g/mol. The van der Waals surface area contributed by atoms with E-state index in [2.05, 4.69) is 17.7 Å². The molecule has 66 valence electrons. The van der Waals surface area contributed by atoms with Crippen LogP contribution in [0, 0.1) is 0 Å². The van der Waals surface area contributed by atoms with Crippen LogP contribution in [0.3, 0.4) is 0 Å². The van der Waals surface area contributed by atoms with E-state index in [4.69, 9.17) is 0 Å². The number of fused-ring (bicyclic) bond motifs is 1. The molecule has 0 fully saturated rings. The Labute approximate surface area is 85.0 Å². The molecule has 1 nitrogen and oxygen atoms in total. The van der Waals surface area contributed by atoms with Crippen molar-refractivity contribution in [1.29, 1.82) is 0 Å². The van der Waals surface area contributed by atoms with Crippen LogP contribution >= 0.6 is 33.8 Å². The molecule has 0 amide bonds. The average Bonchev–Trinajstić information content (AvgIpc) is 2.46. The van der Waals surface area contributed by atoms with E-state index in [0.29, 0.717) is 0 Å². The molecule has 0 radical (unpaired) electrons. The van der Waals surface area contributed by atoms with Crippen molar-refractivity contribution in [3.05, 3.63) is 16.5 Å². The van der Waals surface area contributed by atoms with Crippen LogP contribution in [0.15, 0.2) is 10.3 Å². The van der Waals surface area contributed by atoms with Crippen molar-refractivity contribution in [2.75, 3.05) is 0 Å². The molecule has 0 saturated heterocycles. The second kappa shape index (κ2) is 3.62. The highest BCUT2D eigenvalue weighted by Gasteiger charge is 2.18. The van der Waals surface area contributed by atoms with Crippen molar-refractivity contribution in [2.45, 2.75) is 29.6 Å². The van der Waals surface area contributed by atoms with Gasteiger partial charge in [0.1, 0.15) is 0 Å². The van der Waals surface area contributed by atoms with Crippen LogP contribution in [-0.2, 0) is 12.8 Å². The zero-order valence-electron chi connectivity index (χ0n) is 6.49. The quantitative estimate of drug-likeness (QED) is 0.558. The van der Waals surface area contributed by atoms with Crippen molar-refractivity contribution < 1.29 is 5.11 Å². The van der Waals surface area contributed by atoms with Crippen LogP contribution in [0.4, 0.5) is 0 Å². The third kappa shape index (κ3) is 1.66. The second-order valence-electron chi connectivity index (χ2n) is 3.00. The molecular formula is C8H10OS3. The highest BCUT2D eigenvalue weighted by molar-refractivity contribution is 8.69. The van der Waals surface area contributed by atoms with E-state index in [1.165, 1.54) is 25.4 Å². The zero-order valence-corrected chi connectivity index (χ0v) is 9.01. The number of hydrogen-bond donors (Lipinski definition) is 2. The summed E-state index contributed by atoms with van der Waals surface area (Å²) in [4.78, 5) is 1.44. The summed E-state index contributed by atoms with van der Waals surface area (Å²) >= 11 is 5.97. The van der Waals surface area contributed by atoms with Gasteiger partial charge in [-0.3, -0.25) is 0 Å². The van der Waals surface area contributed by atoms with Gasteiger partial charge in [-0.25, -0.2) is 0 Å². The Morgan fingerprint density at radius 2 is 2.50 bits per heavy atom. The first kappa shape index (κ1) is 8.94. The predicted octanol–water partition coefficient (Wildman–Crippen LogP) is 2.53. The normalized spacial score (nSPS) is 22.3. The maximum atomic E-state index is 9.42. The highest BCUT2D eigenvalue weighted by Crippen LogP contribution is 2.36. The monoisotopic (exact) mass is 218 g/mol. The summed E-state index contributed by atoms with van der Waals surface area (Å²) < 4.78 is 1.25. The first-order valence-corrected chi connectivity index (χ1v) is 6.59. The maximum absolute atomic E-state index is 9.42. The third-order valence-corrected chi connectivity index (χ3v) is 4.91. The van der Waals surface area contributed by atoms with Gasteiger partial charge in [0, 0.05) is 4.88 Å². The molecule has 0 spiro atoms. The van der Waals surface area contributed by atoms with E-state index in [0.717, 1.165) is 19.3 Å². The number of thiophene rings is 1. The van der Waals surface area contributed by atoms with Crippen LogP contribution in [0.25, 0.3) is 0 Å². The van der Waals surface area contributed by atoms with Gasteiger partial charge < -0.3 is 5.11 Å². The summed E-state index contributed by atoms with van der Waals surface area (Å²) in [6.45, 7) is 0. The van der Waals surface area contributed by atoms with E-state index >= 15 is 0 Å². The molecule has 1 heterocycles. The molecule has 1 aromatic heterocycles. The van der Waals surface area contributed by atoms with Crippen molar-refractivity contribution in [3.8, 4) is 0 Å². The molecule has 1 aliphatic rings. The van der Waals surface area contributed by atoms with Gasteiger partial charge in [0.2, 0.25) is 0 Å². The van der Waals surface area contributed by atoms with Crippen molar-refractivity contribution in [3.63, 3.8) is 0 Å². The Morgan fingerprint density at radius 3 is 3.25 bits per heavy atom. The smallest absolute Gasteiger partial charge is 0.0709 e. The van der Waals surface area contributed by atoms with Crippen molar-refractivity contribution >= 4 is 33.8 Å². The lowest BCUT2D eigenvalue weighted by Gasteiger charge is -2.15. The third-order valence-electron chi connectivity index (χ3n) is 2.12. The molecule has 0 saturated carbocycles. The zero-order chi connectivity index (χ0) is 8.55. The number of aliphatic hydroxyl groups excluding tert-OH is 1. The van der Waals surface area contributed by atoms with E-state index < -0.39 is 0 Å². The summed E-state index contributed by atoms with van der Waals surface area (Å²) in [5.41, 5.74) is 1.33. The van der Waals surface area contributed by atoms with Gasteiger partial charge in [-0.15, -0.1) is 23.0 Å². The fraction of sp³-hybridized carbons (Fsp3) is 0.500. The van der Waals surface area contributed by atoms with Crippen LogP contribution < -0.4 is 0 Å². The minimum Gasteiger partial charge on any atom is -0.393 e. The Bertz CT molecular complexity index is 282. The molecule has 1 unspecified atom stereocenters. The van der Waals surface area contributed by atoms with Gasteiger partial charge in [-0.05, 0) is 30.9 Å². The Kier molecular flexibility index (Phi) is 2.69. The lowest BCUT2D eigenvalue weighted by Crippen LogP contribution is -2.16. The topological polar surface area (TPSA) is 20.2 Å². The largest absolute Gasteiger partial charge is 0.393 e. The molecule has 4 heteroatoms. The van der Waals surface area contributed by atoms with E-state index in [1.54, 1.807) is 0 Å². The maximum Gasteiger partial charge on any atom is 0.0709 e. The van der Waals surface area contributed by atoms with Gasteiger partial charge in [-0.2, -0.15) is 0 Å². The molecule has 1 N–H and O–H groups in total.